The molecule has 0 aliphatic rings. The van der Waals surface area contributed by atoms with Crippen LogP contribution in [0.1, 0.15) is 29.8 Å². The number of alkyl carbamates (subject to hydrolysis) is 1. The van der Waals surface area contributed by atoms with E-state index in [1.54, 1.807) is 20.8 Å². The fourth-order valence-electron chi connectivity index (χ4n) is 2.65. The van der Waals surface area contributed by atoms with E-state index >= 15 is 0 Å². The quantitative estimate of drug-likeness (QED) is 0.571. The molecule has 0 bridgehead atoms. The SMILES string of the molecule is COC(=O)NCC(C)C(C)NS(=O)(=O)c1cccc(C(=O)Nc2ccc(F)c(C)c2)c1. The zero-order valence-corrected chi connectivity index (χ0v) is 18.5. The van der Waals surface area contributed by atoms with Gasteiger partial charge in [-0.1, -0.05) is 13.0 Å². The van der Waals surface area contributed by atoms with Crippen LogP contribution >= 0.6 is 0 Å². The topological polar surface area (TPSA) is 114 Å². The van der Waals surface area contributed by atoms with Crippen LogP contribution < -0.4 is 15.4 Å². The lowest BCUT2D eigenvalue weighted by Gasteiger charge is -2.21. The Kier molecular flexibility index (Phi) is 8.12. The third-order valence-corrected chi connectivity index (χ3v) is 6.33. The Morgan fingerprint density at radius 2 is 1.84 bits per heavy atom. The van der Waals surface area contributed by atoms with Crippen molar-refractivity contribution in [1.82, 2.24) is 10.0 Å². The summed E-state index contributed by atoms with van der Waals surface area (Å²) >= 11 is 0. The summed E-state index contributed by atoms with van der Waals surface area (Å²) in [6, 6.07) is 9.25. The van der Waals surface area contributed by atoms with Crippen LogP contribution in [0.15, 0.2) is 47.4 Å². The Hall–Kier alpha value is -2.98. The Bertz CT molecular complexity index is 1060. The second-order valence-corrected chi connectivity index (χ2v) is 8.92. The monoisotopic (exact) mass is 451 g/mol. The van der Waals surface area contributed by atoms with E-state index in [0.29, 0.717) is 11.3 Å². The van der Waals surface area contributed by atoms with Crippen LogP contribution in [0.2, 0.25) is 0 Å². The summed E-state index contributed by atoms with van der Waals surface area (Å²) in [5, 5.41) is 5.14. The Balaban J connectivity index is 2.10. The molecule has 168 valence electrons. The zero-order valence-electron chi connectivity index (χ0n) is 17.7. The highest BCUT2D eigenvalue weighted by molar-refractivity contribution is 7.89. The summed E-state index contributed by atoms with van der Waals surface area (Å²) in [5.41, 5.74) is 0.914. The molecule has 2 aromatic rings. The van der Waals surface area contributed by atoms with Crippen LogP contribution in [-0.2, 0) is 14.8 Å². The van der Waals surface area contributed by atoms with Crippen molar-refractivity contribution in [3.8, 4) is 0 Å². The maximum Gasteiger partial charge on any atom is 0.406 e. The van der Waals surface area contributed by atoms with Gasteiger partial charge in [-0.15, -0.1) is 0 Å². The van der Waals surface area contributed by atoms with Crippen molar-refractivity contribution in [3.63, 3.8) is 0 Å². The van der Waals surface area contributed by atoms with Crippen molar-refractivity contribution in [2.75, 3.05) is 19.0 Å². The third kappa shape index (κ3) is 6.76. The van der Waals surface area contributed by atoms with Crippen molar-refractivity contribution in [2.24, 2.45) is 5.92 Å². The molecule has 2 aromatic carbocycles. The molecule has 0 aliphatic heterocycles. The molecule has 0 radical (unpaired) electrons. The third-order valence-electron chi connectivity index (χ3n) is 4.77. The number of sulfonamides is 1. The zero-order chi connectivity index (χ0) is 23.2. The molecule has 31 heavy (non-hydrogen) atoms. The number of rotatable bonds is 8. The van der Waals surface area contributed by atoms with E-state index in [1.807, 2.05) is 0 Å². The average Bonchev–Trinajstić information content (AvgIpc) is 2.74. The maximum absolute atomic E-state index is 13.4. The number of anilines is 1. The van der Waals surface area contributed by atoms with E-state index in [0.717, 1.165) is 0 Å². The lowest BCUT2D eigenvalue weighted by Crippen LogP contribution is -2.41. The highest BCUT2D eigenvalue weighted by Gasteiger charge is 2.22. The molecule has 3 N–H and O–H groups in total. The molecule has 0 aromatic heterocycles. The largest absolute Gasteiger partial charge is 0.453 e. The first-order valence-corrected chi connectivity index (χ1v) is 11.0. The summed E-state index contributed by atoms with van der Waals surface area (Å²) in [7, 11) is -2.67. The molecular weight excluding hydrogens is 425 g/mol. The molecule has 0 spiro atoms. The second kappa shape index (κ2) is 10.4. The van der Waals surface area contributed by atoms with Gasteiger partial charge in [0.1, 0.15) is 5.82 Å². The molecule has 2 atom stereocenters. The molecule has 2 amide bonds. The van der Waals surface area contributed by atoms with Gasteiger partial charge >= 0.3 is 6.09 Å². The number of nitrogens with one attached hydrogen (secondary N) is 3. The number of hydrogen-bond acceptors (Lipinski definition) is 5. The summed E-state index contributed by atoms with van der Waals surface area (Å²) in [5.74, 6) is -1.13. The van der Waals surface area contributed by atoms with Gasteiger partial charge in [0.2, 0.25) is 10.0 Å². The summed E-state index contributed by atoms with van der Waals surface area (Å²) < 4.78 is 46.0. The number of aryl methyl sites for hydroxylation is 1. The van der Waals surface area contributed by atoms with Crippen molar-refractivity contribution >= 4 is 27.7 Å². The van der Waals surface area contributed by atoms with Gasteiger partial charge in [0.15, 0.2) is 0 Å². The number of amides is 2. The molecule has 0 aliphatic carbocycles. The fraction of sp³-hybridized carbons (Fsp3) is 0.333. The Labute approximate surface area is 181 Å². The number of ether oxygens (including phenoxy) is 1. The van der Waals surface area contributed by atoms with Crippen LogP contribution in [0.25, 0.3) is 0 Å². The van der Waals surface area contributed by atoms with Gasteiger partial charge in [0.05, 0.1) is 12.0 Å². The normalized spacial score (nSPS) is 13.2. The van der Waals surface area contributed by atoms with Crippen LogP contribution in [0.5, 0.6) is 0 Å². The van der Waals surface area contributed by atoms with Crippen LogP contribution in [0.4, 0.5) is 14.9 Å². The number of hydrogen-bond donors (Lipinski definition) is 3. The average molecular weight is 452 g/mol. The molecule has 0 fully saturated rings. The standard InChI is InChI=1S/C21H26FN3O5S/c1-13-10-17(8-9-19(13)22)24-20(26)16-6-5-7-18(11-16)31(28,29)25-15(3)14(2)12-23-21(27)30-4/h5-11,14-15,25H,12H2,1-4H3,(H,23,27)(H,24,26). The fourth-order valence-corrected chi connectivity index (χ4v) is 4.05. The number of carbonyl (C=O) groups excluding carboxylic acids is 2. The first-order chi connectivity index (χ1) is 14.5. The lowest BCUT2D eigenvalue weighted by atomic mass is 10.1. The highest BCUT2D eigenvalue weighted by Crippen LogP contribution is 2.17. The Morgan fingerprint density at radius 3 is 2.48 bits per heavy atom. The van der Waals surface area contributed by atoms with Gasteiger partial charge in [-0.05, 0) is 61.7 Å². The summed E-state index contributed by atoms with van der Waals surface area (Å²) in [6.45, 7) is 5.24. The van der Waals surface area contributed by atoms with Crippen molar-refractivity contribution in [2.45, 2.75) is 31.7 Å². The van der Waals surface area contributed by atoms with E-state index in [1.165, 1.54) is 49.6 Å². The predicted octanol–water partition coefficient (Wildman–Crippen LogP) is 3.05. The first kappa shape index (κ1) is 24.3. The number of carbonyl (C=O) groups is 2. The second-order valence-electron chi connectivity index (χ2n) is 7.21. The molecule has 8 nitrogen and oxygen atoms in total. The summed E-state index contributed by atoms with van der Waals surface area (Å²) in [4.78, 5) is 23.6. The van der Waals surface area contributed by atoms with Gasteiger partial charge < -0.3 is 15.4 Å². The van der Waals surface area contributed by atoms with Gasteiger partial charge in [0, 0.05) is 23.8 Å². The number of methoxy groups -OCH3 is 1. The lowest BCUT2D eigenvalue weighted by molar-refractivity contribution is 0.102. The molecule has 0 heterocycles. The maximum atomic E-state index is 13.4. The number of halogens is 1. The summed E-state index contributed by atoms with van der Waals surface area (Å²) in [6.07, 6.45) is -0.600. The molecule has 0 saturated heterocycles. The van der Waals surface area contributed by atoms with Crippen molar-refractivity contribution in [1.29, 1.82) is 0 Å². The van der Waals surface area contributed by atoms with Gasteiger partial charge in [-0.25, -0.2) is 22.3 Å². The van der Waals surface area contributed by atoms with E-state index in [9.17, 15) is 22.4 Å². The highest BCUT2D eigenvalue weighted by atomic mass is 32.2. The van der Waals surface area contributed by atoms with E-state index in [4.69, 9.17) is 0 Å². The van der Waals surface area contributed by atoms with Gasteiger partial charge in [-0.2, -0.15) is 0 Å². The van der Waals surface area contributed by atoms with Crippen molar-refractivity contribution < 1.29 is 27.1 Å². The van der Waals surface area contributed by atoms with E-state index < -0.39 is 28.1 Å². The predicted molar refractivity (Wildman–Crippen MR) is 115 cm³/mol. The van der Waals surface area contributed by atoms with Crippen LogP contribution in [-0.4, -0.2) is 40.1 Å². The van der Waals surface area contributed by atoms with Crippen LogP contribution in [0, 0.1) is 18.7 Å². The molecule has 2 rings (SSSR count). The van der Waals surface area contributed by atoms with E-state index in [-0.39, 0.29) is 28.7 Å². The Morgan fingerprint density at radius 1 is 1.13 bits per heavy atom. The minimum Gasteiger partial charge on any atom is -0.453 e. The minimum atomic E-state index is -3.91. The molecular formula is C21H26FN3O5S. The van der Waals surface area contributed by atoms with Gasteiger partial charge in [-0.3, -0.25) is 4.79 Å². The van der Waals surface area contributed by atoms with E-state index in [2.05, 4.69) is 20.1 Å². The molecule has 0 saturated carbocycles. The van der Waals surface area contributed by atoms with Crippen LogP contribution in [0.3, 0.4) is 0 Å². The smallest absolute Gasteiger partial charge is 0.406 e. The number of benzene rings is 2. The molecule has 2 unspecified atom stereocenters. The van der Waals surface area contributed by atoms with Gasteiger partial charge in [0.25, 0.3) is 5.91 Å². The van der Waals surface area contributed by atoms with Crippen molar-refractivity contribution in [3.05, 3.63) is 59.4 Å². The minimum absolute atomic E-state index is 0.0737. The first-order valence-electron chi connectivity index (χ1n) is 9.55. The molecule has 10 heteroatoms.